The Morgan fingerprint density at radius 1 is 1.14 bits per heavy atom. The lowest BCUT2D eigenvalue weighted by molar-refractivity contribution is 0.581. The molecule has 3 nitrogen and oxygen atoms in total. The van der Waals surface area contributed by atoms with Crippen molar-refractivity contribution in [3.05, 3.63) is 54.1 Å². The van der Waals surface area contributed by atoms with Gasteiger partial charge >= 0.3 is 0 Å². The van der Waals surface area contributed by atoms with Crippen LogP contribution in [0, 0.1) is 5.82 Å². The second kappa shape index (κ2) is 7.18. The lowest BCUT2D eigenvalue weighted by Gasteiger charge is -2.23. The highest BCUT2D eigenvalue weighted by atomic mass is 19.1. The number of hydrogen-bond acceptors (Lipinski definition) is 3. The van der Waals surface area contributed by atoms with Gasteiger partial charge in [-0.25, -0.2) is 4.39 Å². The Hall–Kier alpha value is -1.94. The summed E-state index contributed by atoms with van der Waals surface area (Å²) < 4.78 is 13.1. The zero-order chi connectivity index (χ0) is 15.2. The Labute approximate surface area is 125 Å². The summed E-state index contributed by atoms with van der Waals surface area (Å²) in [6, 6.07) is 11.0. The summed E-state index contributed by atoms with van der Waals surface area (Å²) in [5, 5.41) is 3.36. The monoisotopic (exact) mass is 287 g/mol. The van der Waals surface area contributed by atoms with Gasteiger partial charge in [-0.1, -0.05) is 13.8 Å². The number of aromatic nitrogens is 1. The molecule has 112 valence electrons. The molecule has 0 fully saturated rings. The minimum Gasteiger partial charge on any atom is -0.342 e. The van der Waals surface area contributed by atoms with E-state index < -0.39 is 0 Å². The number of halogens is 1. The number of anilines is 2. The molecule has 1 aromatic carbocycles. The van der Waals surface area contributed by atoms with Crippen LogP contribution in [0.4, 0.5) is 15.8 Å². The van der Waals surface area contributed by atoms with Crippen molar-refractivity contribution in [1.82, 2.24) is 10.3 Å². The van der Waals surface area contributed by atoms with E-state index in [0.29, 0.717) is 6.04 Å². The number of benzene rings is 1. The first kappa shape index (κ1) is 15.4. The van der Waals surface area contributed by atoms with Crippen LogP contribution in [0.2, 0.25) is 0 Å². The predicted octanol–water partition coefficient (Wildman–Crippen LogP) is 3.88. The van der Waals surface area contributed by atoms with E-state index in [1.807, 2.05) is 12.3 Å². The molecule has 0 unspecified atom stereocenters. The highest BCUT2D eigenvalue weighted by Gasteiger charge is 2.08. The third-order valence-electron chi connectivity index (χ3n) is 3.26. The van der Waals surface area contributed by atoms with Crippen LogP contribution in [0.5, 0.6) is 0 Å². The lowest BCUT2D eigenvalue weighted by Crippen LogP contribution is -2.23. The molecule has 0 aliphatic rings. The van der Waals surface area contributed by atoms with Gasteiger partial charge in [0.05, 0.1) is 5.69 Å². The van der Waals surface area contributed by atoms with Gasteiger partial charge in [-0.2, -0.15) is 0 Å². The average molecular weight is 287 g/mol. The molecule has 0 saturated heterocycles. The Morgan fingerprint density at radius 2 is 1.86 bits per heavy atom. The first-order valence-corrected chi connectivity index (χ1v) is 7.31. The van der Waals surface area contributed by atoms with Crippen molar-refractivity contribution >= 4 is 11.4 Å². The van der Waals surface area contributed by atoms with Crippen molar-refractivity contribution in [1.29, 1.82) is 0 Å². The first-order valence-electron chi connectivity index (χ1n) is 7.31. The van der Waals surface area contributed by atoms with E-state index in [9.17, 15) is 4.39 Å². The van der Waals surface area contributed by atoms with Crippen molar-refractivity contribution < 1.29 is 4.39 Å². The molecule has 2 aromatic rings. The molecule has 2 rings (SSSR count). The van der Waals surface area contributed by atoms with Crippen molar-refractivity contribution in [2.45, 2.75) is 33.4 Å². The second-order valence-corrected chi connectivity index (χ2v) is 5.26. The van der Waals surface area contributed by atoms with E-state index in [4.69, 9.17) is 0 Å². The maximum Gasteiger partial charge on any atom is 0.123 e. The molecule has 0 aliphatic heterocycles. The molecule has 1 heterocycles. The summed E-state index contributed by atoms with van der Waals surface area (Å²) in [6.07, 6.45) is 1.82. The molecule has 0 bridgehead atoms. The molecule has 4 heteroatoms. The van der Waals surface area contributed by atoms with Gasteiger partial charge < -0.3 is 10.2 Å². The molecule has 1 aromatic heterocycles. The quantitative estimate of drug-likeness (QED) is 0.874. The zero-order valence-electron chi connectivity index (χ0n) is 12.8. The summed E-state index contributed by atoms with van der Waals surface area (Å²) in [5.41, 5.74) is 3.05. The standard InChI is InChI=1S/C17H22FN3/c1-4-21(16-7-5-14(18)6-8-16)17-9-10-19-15(11-17)12-20-13(2)3/h5-11,13,20H,4,12H2,1-3H3. The number of hydrogen-bond donors (Lipinski definition) is 1. The third kappa shape index (κ3) is 4.26. The van der Waals surface area contributed by atoms with Crippen LogP contribution in [-0.4, -0.2) is 17.6 Å². The first-order chi connectivity index (χ1) is 10.1. The summed E-state index contributed by atoms with van der Waals surface area (Å²) in [6.45, 7) is 7.86. The molecular weight excluding hydrogens is 265 g/mol. The molecule has 0 saturated carbocycles. The van der Waals surface area contributed by atoms with E-state index in [2.05, 4.69) is 42.0 Å². The normalized spacial score (nSPS) is 10.9. The lowest BCUT2D eigenvalue weighted by atomic mass is 10.2. The van der Waals surface area contributed by atoms with Crippen LogP contribution in [0.15, 0.2) is 42.6 Å². The van der Waals surface area contributed by atoms with Gasteiger partial charge in [0.15, 0.2) is 0 Å². The van der Waals surface area contributed by atoms with Crippen LogP contribution < -0.4 is 10.2 Å². The molecule has 0 spiro atoms. The van der Waals surface area contributed by atoms with Gasteiger partial charge in [0.1, 0.15) is 5.82 Å². The van der Waals surface area contributed by atoms with E-state index in [0.717, 1.165) is 30.2 Å². The van der Waals surface area contributed by atoms with E-state index in [1.54, 1.807) is 12.1 Å². The minimum atomic E-state index is -0.216. The molecule has 0 aliphatic carbocycles. The number of nitrogens with zero attached hydrogens (tertiary/aromatic N) is 2. The molecule has 0 amide bonds. The number of nitrogens with one attached hydrogen (secondary N) is 1. The van der Waals surface area contributed by atoms with E-state index in [1.165, 1.54) is 12.1 Å². The summed E-state index contributed by atoms with van der Waals surface area (Å²) >= 11 is 0. The van der Waals surface area contributed by atoms with Gasteiger partial charge in [0.25, 0.3) is 0 Å². The average Bonchev–Trinajstić information content (AvgIpc) is 2.48. The van der Waals surface area contributed by atoms with Crippen LogP contribution in [-0.2, 0) is 6.54 Å². The molecule has 21 heavy (non-hydrogen) atoms. The molecule has 1 N–H and O–H groups in total. The van der Waals surface area contributed by atoms with Crippen LogP contribution in [0.3, 0.4) is 0 Å². The number of rotatable bonds is 6. The van der Waals surface area contributed by atoms with Gasteiger partial charge in [-0.3, -0.25) is 4.98 Å². The van der Waals surface area contributed by atoms with Crippen molar-refractivity contribution in [2.75, 3.05) is 11.4 Å². The fourth-order valence-electron chi connectivity index (χ4n) is 2.17. The second-order valence-electron chi connectivity index (χ2n) is 5.26. The highest BCUT2D eigenvalue weighted by Crippen LogP contribution is 2.25. The highest BCUT2D eigenvalue weighted by molar-refractivity contribution is 5.63. The zero-order valence-corrected chi connectivity index (χ0v) is 12.8. The fraction of sp³-hybridized carbons (Fsp3) is 0.353. The number of pyridine rings is 1. The Bertz CT molecular complexity index is 567. The van der Waals surface area contributed by atoms with Crippen LogP contribution >= 0.6 is 0 Å². The molecule has 0 atom stereocenters. The predicted molar refractivity (Wildman–Crippen MR) is 85.3 cm³/mol. The summed E-state index contributed by atoms with van der Waals surface area (Å²) in [5.74, 6) is -0.216. The van der Waals surface area contributed by atoms with Crippen molar-refractivity contribution in [3.63, 3.8) is 0 Å². The maximum absolute atomic E-state index is 13.1. The Balaban J connectivity index is 2.21. The summed E-state index contributed by atoms with van der Waals surface area (Å²) in [4.78, 5) is 6.53. The third-order valence-corrected chi connectivity index (χ3v) is 3.26. The van der Waals surface area contributed by atoms with E-state index in [-0.39, 0.29) is 5.82 Å². The minimum absolute atomic E-state index is 0.216. The summed E-state index contributed by atoms with van der Waals surface area (Å²) in [7, 11) is 0. The fourth-order valence-corrected chi connectivity index (χ4v) is 2.17. The SMILES string of the molecule is CCN(c1ccc(F)cc1)c1ccnc(CNC(C)C)c1. The van der Waals surface area contributed by atoms with Gasteiger partial charge in [0.2, 0.25) is 0 Å². The van der Waals surface area contributed by atoms with Gasteiger partial charge in [0, 0.05) is 36.7 Å². The Morgan fingerprint density at radius 3 is 2.48 bits per heavy atom. The van der Waals surface area contributed by atoms with Gasteiger partial charge in [-0.05, 0) is 43.3 Å². The maximum atomic E-state index is 13.1. The van der Waals surface area contributed by atoms with Crippen molar-refractivity contribution in [3.8, 4) is 0 Å². The van der Waals surface area contributed by atoms with Crippen LogP contribution in [0.1, 0.15) is 26.5 Å². The molecular formula is C17H22FN3. The largest absolute Gasteiger partial charge is 0.342 e. The van der Waals surface area contributed by atoms with Gasteiger partial charge in [-0.15, -0.1) is 0 Å². The molecule has 0 radical (unpaired) electrons. The van der Waals surface area contributed by atoms with E-state index >= 15 is 0 Å². The Kier molecular flexibility index (Phi) is 5.28. The topological polar surface area (TPSA) is 28.2 Å². The smallest absolute Gasteiger partial charge is 0.123 e. The van der Waals surface area contributed by atoms with Crippen molar-refractivity contribution in [2.24, 2.45) is 0 Å². The van der Waals surface area contributed by atoms with Crippen LogP contribution in [0.25, 0.3) is 0 Å².